The van der Waals surface area contributed by atoms with Crippen molar-refractivity contribution in [2.45, 2.75) is 12.0 Å². The van der Waals surface area contributed by atoms with Gasteiger partial charge in [0.05, 0.1) is 49.7 Å². The maximum absolute atomic E-state index is 13.5. The molecule has 1 heterocycles. The number of hydrogen-bond donors (Lipinski definition) is 0. The number of benzene rings is 3. The first kappa shape index (κ1) is 22.3. The Morgan fingerprint density at radius 1 is 0.750 bits per heavy atom. The minimum atomic E-state index is -0.292. The summed E-state index contributed by atoms with van der Waals surface area (Å²) >= 11 is 2.26. The molecule has 1 aliphatic heterocycles. The highest BCUT2D eigenvalue weighted by Gasteiger charge is 2.50. The van der Waals surface area contributed by atoms with Crippen LogP contribution in [0.5, 0.6) is 23.0 Å². The monoisotopic (exact) mass is 545 g/mol. The van der Waals surface area contributed by atoms with Gasteiger partial charge in [0.1, 0.15) is 5.75 Å². The number of anilines is 1. The molecule has 1 saturated heterocycles. The molecule has 6 nitrogen and oxygen atoms in total. The van der Waals surface area contributed by atoms with Crippen LogP contribution >= 0.6 is 22.6 Å². The third-order valence-electron chi connectivity index (χ3n) is 5.70. The molecule has 3 aromatic carbocycles. The van der Waals surface area contributed by atoms with Crippen LogP contribution in [0.25, 0.3) is 0 Å². The molecule has 7 heteroatoms. The van der Waals surface area contributed by atoms with Gasteiger partial charge < -0.3 is 23.8 Å². The average Bonchev–Trinajstić information content (AvgIpc) is 2.82. The van der Waals surface area contributed by atoms with Crippen molar-refractivity contribution in [3.63, 3.8) is 0 Å². The van der Waals surface area contributed by atoms with Crippen molar-refractivity contribution in [3.8, 4) is 23.0 Å². The molecule has 0 bridgehead atoms. The summed E-state index contributed by atoms with van der Waals surface area (Å²) < 4.78 is 22.9. The molecule has 0 saturated carbocycles. The van der Waals surface area contributed by atoms with E-state index in [1.54, 1.807) is 33.3 Å². The SMILES string of the molecule is COc1ccc(C2C(c3ccccc3)C(=O)N2c2cc(OC)c(OC)c(OC)c2)cc1I. The third kappa shape index (κ3) is 3.74. The molecule has 1 fully saturated rings. The van der Waals surface area contributed by atoms with Crippen LogP contribution in [0.3, 0.4) is 0 Å². The first-order valence-corrected chi connectivity index (χ1v) is 11.1. The molecular formula is C25H24INO5. The Bertz CT molecular complexity index is 1110. The summed E-state index contributed by atoms with van der Waals surface area (Å²) in [7, 11) is 6.34. The second-order valence-corrected chi connectivity index (χ2v) is 8.48. The zero-order valence-corrected chi connectivity index (χ0v) is 20.5. The molecule has 1 amide bonds. The van der Waals surface area contributed by atoms with Gasteiger partial charge in [-0.2, -0.15) is 0 Å². The molecule has 32 heavy (non-hydrogen) atoms. The minimum Gasteiger partial charge on any atom is -0.496 e. The highest BCUT2D eigenvalue weighted by Crippen LogP contribution is 2.52. The Hall–Kier alpha value is -2.94. The van der Waals surface area contributed by atoms with Crippen LogP contribution in [0.2, 0.25) is 0 Å². The van der Waals surface area contributed by atoms with Crippen molar-refractivity contribution in [2.24, 2.45) is 0 Å². The number of carbonyl (C=O) groups is 1. The largest absolute Gasteiger partial charge is 0.496 e. The third-order valence-corrected chi connectivity index (χ3v) is 6.54. The molecule has 3 aromatic rings. The summed E-state index contributed by atoms with van der Waals surface area (Å²) in [6.07, 6.45) is 0. The van der Waals surface area contributed by atoms with Gasteiger partial charge in [-0.05, 0) is 45.9 Å². The van der Waals surface area contributed by atoms with E-state index in [9.17, 15) is 4.79 Å². The summed E-state index contributed by atoms with van der Waals surface area (Å²) in [5.74, 6) is 2.01. The number of rotatable bonds is 7. The Balaban J connectivity index is 1.84. The van der Waals surface area contributed by atoms with Crippen LogP contribution in [-0.2, 0) is 4.79 Å². The summed E-state index contributed by atoms with van der Waals surface area (Å²) in [5, 5.41) is 0. The average molecular weight is 545 g/mol. The van der Waals surface area contributed by atoms with Crippen LogP contribution in [-0.4, -0.2) is 34.3 Å². The van der Waals surface area contributed by atoms with Gasteiger partial charge in [-0.1, -0.05) is 36.4 Å². The molecule has 0 aliphatic carbocycles. The topological polar surface area (TPSA) is 57.2 Å². The lowest BCUT2D eigenvalue weighted by atomic mass is 9.77. The first-order valence-electron chi connectivity index (χ1n) is 10.1. The number of halogens is 1. The Morgan fingerprint density at radius 2 is 1.38 bits per heavy atom. The lowest BCUT2D eigenvalue weighted by Gasteiger charge is -2.48. The fourth-order valence-corrected chi connectivity index (χ4v) is 4.94. The predicted molar refractivity (Wildman–Crippen MR) is 131 cm³/mol. The lowest BCUT2D eigenvalue weighted by Crippen LogP contribution is -2.53. The maximum Gasteiger partial charge on any atom is 0.237 e. The number of methoxy groups -OCH3 is 4. The zero-order chi connectivity index (χ0) is 22.8. The van der Waals surface area contributed by atoms with Gasteiger partial charge in [-0.25, -0.2) is 0 Å². The number of nitrogens with zero attached hydrogens (tertiary/aromatic N) is 1. The Morgan fingerprint density at radius 3 is 1.91 bits per heavy atom. The molecule has 166 valence electrons. The molecule has 2 unspecified atom stereocenters. The van der Waals surface area contributed by atoms with E-state index in [1.165, 1.54) is 0 Å². The van der Waals surface area contributed by atoms with Crippen LogP contribution in [0, 0.1) is 3.57 Å². The number of carbonyl (C=O) groups excluding carboxylic acids is 1. The normalized spacial score (nSPS) is 17.5. The van der Waals surface area contributed by atoms with E-state index in [4.69, 9.17) is 18.9 Å². The Kier molecular flexibility index (Phi) is 6.45. The fraction of sp³-hybridized carbons (Fsp3) is 0.240. The second kappa shape index (κ2) is 9.28. The molecule has 0 aromatic heterocycles. The molecule has 0 radical (unpaired) electrons. The zero-order valence-electron chi connectivity index (χ0n) is 18.3. The van der Waals surface area contributed by atoms with Crippen molar-refractivity contribution in [3.05, 3.63) is 75.4 Å². The van der Waals surface area contributed by atoms with E-state index in [0.29, 0.717) is 22.9 Å². The highest BCUT2D eigenvalue weighted by atomic mass is 127. The maximum atomic E-state index is 13.5. The van der Waals surface area contributed by atoms with Crippen molar-refractivity contribution < 1.29 is 23.7 Å². The first-order chi connectivity index (χ1) is 15.5. The van der Waals surface area contributed by atoms with Crippen LogP contribution in [0.1, 0.15) is 23.1 Å². The van der Waals surface area contributed by atoms with Gasteiger partial charge in [-0.15, -0.1) is 0 Å². The lowest BCUT2D eigenvalue weighted by molar-refractivity contribution is -0.126. The highest BCUT2D eigenvalue weighted by molar-refractivity contribution is 14.1. The van der Waals surface area contributed by atoms with E-state index in [2.05, 4.69) is 28.7 Å². The fourth-order valence-electron chi connectivity index (χ4n) is 4.18. The van der Waals surface area contributed by atoms with Gasteiger partial charge in [0.2, 0.25) is 11.7 Å². The molecule has 4 rings (SSSR count). The number of β-lactam (4-membered cyclic amide) rings is 1. The van der Waals surface area contributed by atoms with E-state index >= 15 is 0 Å². The van der Waals surface area contributed by atoms with Crippen LogP contribution < -0.4 is 23.8 Å². The smallest absolute Gasteiger partial charge is 0.237 e. The molecule has 2 atom stereocenters. The summed E-state index contributed by atoms with van der Waals surface area (Å²) in [5.41, 5.74) is 2.70. The van der Waals surface area contributed by atoms with E-state index < -0.39 is 0 Å². The van der Waals surface area contributed by atoms with Gasteiger partial charge in [-0.3, -0.25) is 4.79 Å². The van der Waals surface area contributed by atoms with Gasteiger partial charge in [0, 0.05) is 12.1 Å². The Labute approximate surface area is 201 Å². The number of amides is 1. The van der Waals surface area contributed by atoms with E-state index in [0.717, 1.165) is 20.4 Å². The molecular weight excluding hydrogens is 521 g/mol. The van der Waals surface area contributed by atoms with Crippen molar-refractivity contribution >= 4 is 34.2 Å². The second-order valence-electron chi connectivity index (χ2n) is 7.32. The van der Waals surface area contributed by atoms with Gasteiger partial charge >= 0.3 is 0 Å². The summed E-state index contributed by atoms with van der Waals surface area (Å²) in [6, 6.07) is 19.3. The van der Waals surface area contributed by atoms with Gasteiger partial charge in [0.25, 0.3) is 0 Å². The minimum absolute atomic E-state index is 0.0151. The summed E-state index contributed by atoms with van der Waals surface area (Å²) in [6.45, 7) is 0. The van der Waals surface area contributed by atoms with E-state index in [1.807, 2.05) is 54.6 Å². The van der Waals surface area contributed by atoms with Crippen LogP contribution in [0.15, 0.2) is 60.7 Å². The number of ether oxygens (including phenoxy) is 4. The standard InChI is InChI=1S/C25H24INO5/c1-29-19-11-10-16(12-18(19)26)23-22(15-8-6-5-7-9-15)25(28)27(23)17-13-20(30-2)24(32-4)21(14-17)31-3/h5-14,22-23H,1-4H3. The molecule has 0 spiro atoms. The van der Waals surface area contributed by atoms with Crippen molar-refractivity contribution in [1.82, 2.24) is 0 Å². The quantitative estimate of drug-likeness (QED) is 0.302. The number of hydrogen-bond acceptors (Lipinski definition) is 5. The molecule has 0 N–H and O–H groups in total. The summed E-state index contributed by atoms with van der Waals surface area (Å²) in [4.78, 5) is 15.3. The van der Waals surface area contributed by atoms with Gasteiger partial charge in [0.15, 0.2) is 11.5 Å². The van der Waals surface area contributed by atoms with E-state index in [-0.39, 0.29) is 17.9 Å². The van der Waals surface area contributed by atoms with Crippen LogP contribution in [0.4, 0.5) is 5.69 Å². The predicted octanol–water partition coefficient (Wildman–Crippen LogP) is 5.20. The van der Waals surface area contributed by atoms with Crippen molar-refractivity contribution in [1.29, 1.82) is 0 Å². The molecule has 1 aliphatic rings. The van der Waals surface area contributed by atoms with Crippen molar-refractivity contribution in [2.75, 3.05) is 33.3 Å².